The molecule has 0 saturated heterocycles. The minimum atomic E-state index is -0.212. The predicted octanol–water partition coefficient (Wildman–Crippen LogP) is 5.75. The van der Waals surface area contributed by atoms with Crippen LogP contribution in [0, 0.1) is 0 Å². The number of ether oxygens (including phenoxy) is 1. The maximum absolute atomic E-state index is 13.0. The minimum absolute atomic E-state index is 0.0278. The van der Waals surface area contributed by atoms with Crippen LogP contribution in [0.5, 0.6) is 0 Å². The first kappa shape index (κ1) is 19.3. The van der Waals surface area contributed by atoms with Crippen molar-refractivity contribution in [3.05, 3.63) is 81.6 Å². The highest BCUT2D eigenvalue weighted by Crippen LogP contribution is 2.48. The number of halogens is 1. The van der Waals surface area contributed by atoms with Gasteiger partial charge < -0.3 is 14.6 Å². The Morgan fingerprint density at radius 3 is 2.73 bits per heavy atom. The zero-order valence-electron chi connectivity index (χ0n) is 17.2. The number of carbonyl (C=O) groups is 1. The van der Waals surface area contributed by atoms with Crippen molar-refractivity contribution >= 4 is 28.5 Å². The van der Waals surface area contributed by atoms with Crippen LogP contribution in [-0.2, 0) is 16.0 Å². The van der Waals surface area contributed by atoms with Crippen molar-refractivity contribution in [3.8, 4) is 0 Å². The Hall–Kier alpha value is -2.72. The third-order valence-corrected chi connectivity index (χ3v) is 6.81. The Kier molecular flexibility index (Phi) is 4.82. The van der Waals surface area contributed by atoms with Crippen molar-refractivity contribution in [2.75, 3.05) is 13.2 Å². The van der Waals surface area contributed by atoms with Gasteiger partial charge in [0.25, 0.3) is 0 Å². The van der Waals surface area contributed by atoms with Crippen molar-refractivity contribution in [2.45, 2.75) is 38.6 Å². The van der Waals surface area contributed by atoms with E-state index in [2.05, 4.69) is 41.1 Å². The lowest BCUT2D eigenvalue weighted by Crippen LogP contribution is -2.40. The van der Waals surface area contributed by atoms with Gasteiger partial charge in [-0.15, -0.1) is 0 Å². The molecule has 3 heterocycles. The molecule has 0 saturated carbocycles. The van der Waals surface area contributed by atoms with E-state index < -0.39 is 0 Å². The number of rotatable bonds is 3. The predicted molar refractivity (Wildman–Crippen MR) is 120 cm³/mol. The molecular weight excluding hydrogens is 396 g/mol. The van der Waals surface area contributed by atoms with Gasteiger partial charge in [-0.05, 0) is 56.0 Å². The van der Waals surface area contributed by atoms with E-state index in [0.717, 1.165) is 36.2 Å². The van der Waals surface area contributed by atoms with E-state index in [9.17, 15) is 4.79 Å². The summed E-state index contributed by atoms with van der Waals surface area (Å²) < 4.78 is 5.47. The first-order valence-corrected chi connectivity index (χ1v) is 11.0. The number of benzene rings is 2. The molecular formula is C25H25ClN2O2. The number of allylic oxidation sites excluding steroid dienone is 1. The molecule has 0 aliphatic carbocycles. The van der Waals surface area contributed by atoms with E-state index in [-0.39, 0.29) is 17.9 Å². The van der Waals surface area contributed by atoms with E-state index in [1.54, 1.807) is 0 Å². The molecule has 2 atom stereocenters. The van der Waals surface area contributed by atoms with Crippen molar-refractivity contribution in [1.29, 1.82) is 0 Å². The van der Waals surface area contributed by atoms with Gasteiger partial charge in [0.1, 0.15) is 0 Å². The van der Waals surface area contributed by atoms with Crippen molar-refractivity contribution in [2.24, 2.45) is 0 Å². The number of hydrogen-bond donors (Lipinski definition) is 1. The topological polar surface area (TPSA) is 45.3 Å². The van der Waals surface area contributed by atoms with Crippen molar-refractivity contribution in [1.82, 2.24) is 9.88 Å². The molecule has 0 unspecified atom stereocenters. The van der Waals surface area contributed by atoms with Crippen LogP contribution in [0.2, 0.25) is 5.02 Å². The Labute approximate surface area is 181 Å². The molecule has 0 amide bonds. The number of aromatic nitrogens is 1. The Morgan fingerprint density at radius 2 is 1.97 bits per heavy atom. The van der Waals surface area contributed by atoms with Crippen LogP contribution in [0.3, 0.4) is 0 Å². The normalized spacial score (nSPS) is 20.8. The highest BCUT2D eigenvalue weighted by Gasteiger charge is 2.41. The summed E-state index contributed by atoms with van der Waals surface area (Å²) in [5.74, 6) is -0.240. The minimum Gasteiger partial charge on any atom is -0.463 e. The second kappa shape index (κ2) is 7.51. The van der Waals surface area contributed by atoms with Crippen LogP contribution >= 0.6 is 11.6 Å². The quantitative estimate of drug-likeness (QED) is 0.549. The molecule has 154 valence electrons. The highest BCUT2D eigenvalue weighted by molar-refractivity contribution is 6.30. The zero-order valence-corrected chi connectivity index (χ0v) is 18.0. The molecule has 0 radical (unpaired) electrons. The molecule has 4 nitrogen and oxygen atoms in total. The molecule has 1 aromatic heterocycles. The Balaban J connectivity index is 1.64. The standard InChI is InChI=1S/C25H25ClN2O2/c1-3-30-25(29)23-15(2)28-13-12-19-18-6-4-5-7-21(18)27-24(19)22(28)14-20(23)16-8-10-17(26)11-9-16/h4-11,20,22,27H,3,12-14H2,1-2H3/t20-,22-/m1/s1. The summed E-state index contributed by atoms with van der Waals surface area (Å²) in [4.78, 5) is 19.0. The third kappa shape index (κ3) is 3.02. The lowest BCUT2D eigenvalue weighted by atomic mass is 9.78. The van der Waals surface area contributed by atoms with Crippen molar-refractivity contribution < 1.29 is 9.53 Å². The fourth-order valence-electron chi connectivity index (χ4n) is 5.21. The van der Waals surface area contributed by atoms with E-state index >= 15 is 0 Å². The number of fused-ring (bicyclic) bond motifs is 5. The van der Waals surface area contributed by atoms with Crippen LogP contribution in [-0.4, -0.2) is 29.0 Å². The number of aromatic amines is 1. The van der Waals surface area contributed by atoms with Gasteiger partial charge >= 0.3 is 5.97 Å². The molecule has 0 spiro atoms. The zero-order chi connectivity index (χ0) is 20.8. The van der Waals surface area contributed by atoms with Gasteiger partial charge in [0.05, 0.1) is 18.2 Å². The molecule has 2 aromatic carbocycles. The summed E-state index contributed by atoms with van der Waals surface area (Å²) in [5, 5.41) is 2.01. The molecule has 3 aromatic rings. The van der Waals surface area contributed by atoms with Gasteiger partial charge in [-0.3, -0.25) is 0 Å². The molecule has 30 heavy (non-hydrogen) atoms. The van der Waals surface area contributed by atoms with E-state index in [1.165, 1.54) is 22.2 Å². The van der Waals surface area contributed by atoms with Gasteiger partial charge in [0.2, 0.25) is 0 Å². The van der Waals surface area contributed by atoms with E-state index in [0.29, 0.717) is 11.6 Å². The van der Waals surface area contributed by atoms with Crippen LogP contribution in [0.1, 0.15) is 49.0 Å². The number of H-pyrrole nitrogens is 1. The Bertz CT molecular complexity index is 1150. The second-order valence-corrected chi connectivity index (χ2v) is 8.52. The molecule has 5 rings (SSSR count). The number of esters is 1. The maximum Gasteiger partial charge on any atom is 0.336 e. The lowest BCUT2D eigenvalue weighted by molar-refractivity contribution is -0.139. The van der Waals surface area contributed by atoms with Gasteiger partial charge in [-0.1, -0.05) is 41.9 Å². The average molecular weight is 421 g/mol. The highest BCUT2D eigenvalue weighted by atomic mass is 35.5. The summed E-state index contributed by atoms with van der Waals surface area (Å²) >= 11 is 6.13. The van der Waals surface area contributed by atoms with Gasteiger partial charge in [-0.2, -0.15) is 0 Å². The van der Waals surface area contributed by atoms with Gasteiger partial charge in [-0.25, -0.2) is 4.79 Å². The van der Waals surface area contributed by atoms with Crippen LogP contribution in [0.15, 0.2) is 59.8 Å². The number of nitrogens with zero attached hydrogens (tertiary/aromatic N) is 1. The molecule has 0 fully saturated rings. The van der Waals surface area contributed by atoms with Gasteiger partial charge in [0, 0.05) is 39.8 Å². The monoisotopic (exact) mass is 420 g/mol. The smallest absolute Gasteiger partial charge is 0.336 e. The summed E-state index contributed by atoms with van der Waals surface area (Å²) in [6, 6.07) is 16.6. The molecule has 2 aliphatic rings. The third-order valence-electron chi connectivity index (χ3n) is 6.55. The molecule has 0 bridgehead atoms. The fourth-order valence-corrected chi connectivity index (χ4v) is 5.34. The lowest BCUT2D eigenvalue weighted by Gasteiger charge is -2.45. The number of hydrogen-bond acceptors (Lipinski definition) is 3. The van der Waals surface area contributed by atoms with E-state index in [4.69, 9.17) is 16.3 Å². The van der Waals surface area contributed by atoms with Crippen LogP contribution in [0.25, 0.3) is 10.9 Å². The van der Waals surface area contributed by atoms with Crippen LogP contribution < -0.4 is 0 Å². The second-order valence-electron chi connectivity index (χ2n) is 8.08. The molecule has 2 aliphatic heterocycles. The summed E-state index contributed by atoms with van der Waals surface area (Å²) in [7, 11) is 0. The number of para-hydroxylation sites is 1. The first-order valence-electron chi connectivity index (χ1n) is 10.6. The SMILES string of the molecule is CCOC(=O)C1=C(C)N2CCc3c([nH]c4ccccc34)[C@H]2C[C@@H]1c1ccc(Cl)cc1. The Morgan fingerprint density at radius 1 is 1.20 bits per heavy atom. The van der Waals surface area contributed by atoms with E-state index in [1.807, 2.05) is 31.2 Å². The summed E-state index contributed by atoms with van der Waals surface area (Å²) in [6.45, 7) is 5.20. The fraction of sp³-hybridized carbons (Fsp3) is 0.320. The van der Waals surface area contributed by atoms with Crippen molar-refractivity contribution in [3.63, 3.8) is 0 Å². The summed E-state index contributed by atoms with van der Waals surface area (Å²) in [6.07, 6.45) is 1.79. The molecule has 1 N–H and O–H groups in total. The summed E-state index contributed by atoms with van der Waals surface area (Å²) in [5.41, 5.74) is 6.77. The molecule has 5 heteroatoms. The van der Waals surface area contributed by atoms with Gasteiger partial charge in [0.15, 0.2) is 0 Å². The number of nitrogens with one attached hydrogen (secondary N) is 1. The maximum atomic E-state index is 13.0. The first-order chi connectivity index (χ1) is 14.6. The van der Waals surface area contributed by atoms with Crippen LogP contribution in [0.4, 0.5) is 0 Å². The number of carbonyl (C=O) groups excluding carboxylic acids is 1. The average Bonchev–Trinajstić information content (AvgIpc) is 3.13. The largest absolute Gasteiger partial charge is 0.463 e.